The third-order valence-corrected chi connectivity index (χ3v) is 3.52. The number of nitrogens with zero attached hydrogens (tertiary/aromatic N) is 1. The van der Waals surface area contributed by atoms with Gasteiger partial charge >= 0.3 is 0 Å². The van der Waals surface area contributed by atoms with Crippen LogP contribution in [0.25, 0.3) is 0 Å². The number of aromatic nitrogens is 1. The molecule has 0 bridgehead atoms. The highest BCUT2D eigenvalue weighted by molar-refractivity contribution is 6.29. The van der Waals surface area contributed by atoms with Crippen molar-refractivity contribution in [3.63, 3.8) is 0 Å². The van der Waals surface area contributed by atoms with Gasteiger partial charge in [-0.1, -0.05) is 41.9 Å². The minimum absolute atomic E-state index is 0.0202. The van der Waals surface area contributed by atoms with Crippen LogP contribution in [0.1, 0.15) is 22.8 Å². The Kier molecular flexibility index (Phi) is 3.40. The first kappa shape index (κ1) is 12.5. The fraction of sp³-hybridized carbons (Fsp3) is 0.267. The average molecular weight is 276 g/mol. The lowest BCUT2D eigenvalue weighted by Crippen LogP contribution is -2.01. The maximum absolute atomic E-state index is 6.03. The molecule has 4 heteroatoms. The molecule has 1 atom stereocenters. The Morgan fingerprint density at radius 3 is 2.89 bits per heavy atom. The van der Waals surface area contributed by atoms with Gasteiger partial charge in [-0.2, -0.15) is 0 Å². The van der Waals surface area contributed by atoms with Gasteiger partial charge in [0.05, 0.1) is 19.8 Å². The first-order valence-electron chi connectivity index (χ1n) is 6.17. The molecule has 1 aromatic carbocycles. The second kappa shape index (κ2) is 5.19. The van der Waals surface area contributed by atoms with E-state index in [0.717, 1.165) is 17.5 Å². The van der Waals surface area contributed by atoms with Crippen LogP contribution in [0.4, 0.5) is 0 Å². The van der Waals surface area contributed by atoms with Gasteiger partial charge in [0.15, 0.2) is 0 Å². The van der Waals surface area contributed by atoms with Gasteiger partial charge in [-0.25, -0.2) is 4.98 Å². The number of ether oxygens (including phenoxy) is 2. The van der Waals surface area contributed by atoms with Crippen molar-refractivity contribution in [2.24, 2.45) is 0 Å². The Balaban J connectivity index is 1.92. The molecule has 1 aromatic heterocycles. The van der Waals surface area contributed by atoms with Crippen molar-refractivity contribution < 1.29 is 9.47 Å². The fourth-order valence-electron chi connectivity index (χ4n) is 2.41. The van der Waals surface area contributed by atoms with Crippen LogP contribution < -0.4 is 4.74 Å². The van der Waals surface area contributed by atoms with Crippen molar-refractivity contribution in [3.05, 3.63) is 58.2 Å². The Labute approximate surface area is 117 Å². The smallest absolute Gasteiger partial charge is 0.220 e. The van der Waals surface area contributed by atoms with Gasteiger partial charge in [0.2, 0.25) is 5.88 Å². The number of benzene rings is 1. The van der Waals surface area contributed by atoms with Gasteiger partial charge in [-0.05, 0) is 17.2 Å². The molecule has 1 aliphatic heterocycles. The van der Waals surface area contributed by atoms with E-state index in [1.54, 1.807) is 7.11 Å². The van der Waals surface area contributed by atoms with Crippen LogP contribution in [0.5, 0.6) is 5.88 Å². The predicted octanol–water partition coefficient (Wildman–Crippen LogP) is 3.56. The van der Waals surface area contributed by atoms with Crippen LogP contribution in [0.3, 0.4) is 0 Å². The molecule has 0 saturated heterocycles. The summed E-state index contributed by atoms with van der Waals surface area (Å²) in [6, 6.07) is 12.1. The van der Waals surface area contributed by atoms with Crippen molar-refractivity contribution in [1.29, 1.82) is 0 Å². The molecule has 0 N–H and O–H groups in total. The normalized spacial score (nSPS) is 17.3. The van der Waals surface area contributed by atoms with Crippen LogP contribution in [0, 0.1) is 0 Å². The highest BCUT2D eigenvalue weighted by Crippen LogP contribution is 2.38. The lowest BCUT2D eigenvalue weighted by atomic mass is 10.0. The summed E-state index contributed by atoms with van der Waals surface area (Å²) in [5, 5.41) is 0.444. The maximum Gasteiger partial charge on any atom is 0.220 e. The van der Waals surface area contributed by atoms with Crippen molar-refractivity contribution in [2.45, 2.75) is 19.1 Å². The topological polar surface area (TPSA) is 31.4 Å². The summed E-state index contributed by atoms with van der Waals surface area (Å²) >= 11 is 6.03. The van der Waals surface area contributed by atoms with Crippen molar-refractivity contribution in [1.82, 2.24) is 4.98 Å². The van der Waals surface area contributed by atoms with Crippen molar-refractivity contribution in [2.75, 3.05) is 7.11 Å². The molecule has 3 rings (SSSR count). The monoisotopic (exact) mass is 275 g/mol. The number of hydrogen-bond acceptors (Lipinski definition) is 3. The van der Waals surface area contributed by atoms with Gasteiger partial charge in [-0.15, -0.1) is 0 Å². The molecule has 0 fully saturated rings. The van der Waals surface area contributed by atoms with E-state index in [1.165, 1.54) is 5.56 Å². The average Bonchev–Trinajstić information content (AvgIpc) is 2.82. The van der Waals surface area contributed by atoms with Crippen LogP contribution in [-0.4, -0.2) is 12.1 Å². The quantitative estimate of drug-likeness (QED) is 0.803. The summed E-state index contributed by atoms with van der Waals surface area (Å²) in [4.78, 5) is 4.17. The molecule has 1 unspecified atom stereocenters. The Morgan fingerprint density at radius 1 is 1.37 bits per heavy atom. The number of halogens is 1. The first-order chi connectivity index (χ1) is 9.28. The molecule has 0 radical (unpaired) electrons. The van der Waals surface area contributed by atoms with Crippen LogP contribution in [-0.2, 0) is 17.8 Å². The molecule has 0 spiro atoms. The highest BCUT2D eigenvalue weighted by Gasteiger charge is 2.27. The highest BCUT2D eigenvalue weighted by atomic mass is 35.5. The molecule has 19 heavy (non-hydrogen) atoms. The number of hydrogen-bond donors (Lipinski definition) is 0. The Hall–Kier alpha value is -1.58. The Bertz CT molecular complexity index is 586. The second-order valence-electron chi connectivity index (χ2n) is 4.51. The number of methoxy groups -OCH3 is 1. The Morgan fingerprint density at radius 2 is 2.16 bits per heavy atom. The zero-order valence-corrected chi connectivity index (χ0v) is 11.4. The van der Waals surface area contributed by atoms with E-state index >= 15 is 0 Å². The van der Waals surface area contributed by atoms with E-state index in [4.69, 9.17) is 21.1 Å². The minimum atomic E-state index is 0.0202. The summed E-state index contributed by atoms with van der Waals surface area (Å²) in [6.45, 7) is 0.528. The molecular weight excluding hydrogens is 262 g/mol. The second-order valence-corrected chi connectivity index (χ2v) is 4.90. The maximum atomic E-state index is 6.03. The predicted molar refractivity (Wildman–Crippen MR) is 73.5 cm³/mol. The molecule has 98 valence electrons. The number of rotatable bonds is 3. The van der Waals surface area contributed by atoms with Gasteiger partial charge in [0.1, 0.15) is 5.15 Å². The van der Waals surface area contributed by atoms with E-state index in [9.17, 15) is 0 Å². The molecular formula is C15H14ClNO2. The zero-order chi connectivity index (χ0) is 13.2. The largest absolute Gasteiger partial charge is 0.481 e. The van der Waals surface area contributed by atoms with E-state index < -0.39 is 0 Å². The molecule has 2 aromatic rings. The molecule has 1 aliphatic rings. The van der Waals surface area contributed by atoms with Gasteiger partial charge in [-0.3, -0.25) is 0 Å². The molecule has 2 heterocycles. The fourth-order valence-corrected chi connectivity index (χ4v) is 2.60. The SMILES string of the molecule is COc1nc(Cl)cc2c1COC2Cc1ccccc1. The lowest BCUT2D eigenvalue weighted by molar-refractivity contribution is 0.0660. The lowest BCUT2D eigenvalue weighted by Gasteiger charge is -2.12. The molecule has 3 nitrogen and oxygen atoms in total. The van der Waals surface area contributed by atoms with Crippen LogP contribution >= 0.6 is 11.6 Å². The van der Waals surface area contributed by atoms with Crippen molar-refractivity contribution >= 4 is 11.6 Å². The standard InChI is InChI=1S/C15H14ClNO2/c1-18-15-12-9-19-13(11(12)8-14(16)17-15)7-10-5-3-2-4-6-10/h2-6,8,13H,7,9H2,1H3. The third-order valence-electron chi connectivity index (χ3n) is 3.32. The van der Waals surface area contributed by atoms with Gasteiger partial charge in [0, 0.05) is 12.0 Å². The summed E-state index contributed by atoms with van der Waals surface area (Å²) in [7, 11) is 1.60. The number of fused-ring (bicyclic) bond motifs is 1. The van der Waals surface area contributed by atoms with E-state index in [1.807, 2.05) is 24.3 Å². The van der Waals surface area contributed by atoms with E-state index in [0.29, 0.717) is 17.6 Å². The summed E-state index contributed by atoms with van der Waals surface area (Å²) in [5.41, 5.74) is 3.33. The van der Waals surface area contributed by atoms with Gasteiger partial charge < -0.3 is 9.47 Å². The van der Waals surface area contributed by atoms with Crippen molar-refractivity contribution in [3.8, 4) is 5.88 Å². The van der Waals surface area contributed by atoms with Gasteiger partial charge in [0.25, 0.3) is 0 Å². The summed E-state index contributed by atoms with van der Waals surface area (Å²) < 4.78 is 11.1. The number of pyridine rings is 1. The summed E-state index contributed by atoms with van der Waals surface area (Å²) in [6.07, 6.45) is 0.851. The van der Waals surface area contributed by atoms with Crippen LogP contribution in [0.15, 0.2) is 36.4 Å². The third kappa shape index (κ3) is 2.44. The minimum Gasteiger partial charge on any atom is -0.481 e. The van der Waals surface area contributed by atoms with Crippen LogP contribution in [0.2, 0.25) is 5.15 Å². The first-order valence-corrected chi connectivity index (χ1v) is 6.54. The molecule has 0 saturated carbocycles. The molecule has 0 amide bonds. The summed E-state index contributed by atoms with van der Waals surface area (Å²) in [5.74, 6) is 0.568. The van der Waals surface area contributed by atoms with E-state index in [-0.39, 0.29) is 6.10 Å². The molecule has 0 aliphatic carbocycles. The zero-order valence-electron chi connectivity index (χ0n) is 10.6. The van der Waals surface area contributed by atoms with E-state index in [2.05, 4.69) is 17.1 Å².